The normalized spacial score (nSPS) is 19.7. The fourth-order valence-corrected chi connectivity index (χ4v) is 3.42. The highest BCUT2D eigenvalue weighted by Gasteiger charge is 2.37. The number of carbonyl (C=O) groups is 1. The van der Waals surface area contributed by atoms with Crippen LogP contribution in [0.5, 0.6) is 0 Å². The Hall–Kier alpha value is -2.96. The average molecular weight is 335 g/mol. The van der Waals surface area contributed by atoms with E-state index >= 15 is 0 Å². The molecule has 0 radical (unpaired) electrons. The van der Waals surface area contributed by atoms with Crippen molar-refractivity contribution in [3.63, 3.8) is 0 Å². The first-order valence-corrected chi connectivity index (χ1v) is 8.50. The van der Waals surface area contributed by atoms with Crippen molar-refractivity contribution in [1.82, 2.24) is 24.8 Å². The summed E-state index contributed by atoms with van der Waals surface area (Å²) in [6, 6.07) is 3.57. The number of carbonyl (C=O) groups excluding carboxylic acids is 1. The molecule has 1 aliphatic heterocycles. The summed E-state index contributed by atoms with van der Waals surface area (Å²) in [6.45, 7) is 0.590. The van der Waals surface area contributed by atoms with Gasteiger partial charge >= 0.3 is 0 Å². The monoisotopic (exact) mass is 335 g/mol. The molecule has 3 aromatic heterocycles. The molecule has 1 unspecified atom stereocenters. The summed E-state index contributed by atoms with van der Waals surface area (Å²) in [7, 11) is 0. The number of nitrogens with zero attached hydrogens (tertiary/aromatic N) is 4. The largest absolute Gasteiger partial charge is 0.435 e. The summed E-state index contributed by atoms with van der Waals surface area (Å²) in [5.74, 6) is 1.21. The highest BCUT2D eigenvalue weighted by molar-refractivity contribution is 5.92. The number of hydrogen-bond donors (Lipinski definition) is 1. The van der Waals surface area contributed by atoms with Crippen LogP contribution in [0.25, 0.3) is 0 Å². The first-order valence-electron chi connectivity index (χ1n) is 8.50. The Morgan fingerprint density at radius 2 is 2.20 bits per heavy atom. The molecule has 0 aromatic carbocycles. The van der Waals surface area contributed by atoms with Crippen LogP contribution in [-0.2, 0) is 6.42 Å². The molecule has 0 saturated heterocycles. The number of nitrogens with one attached hydrogen (secondary N) is 1. The van der Waals surface area contributed by atoms with Crippen molar-refractivity contribution in [1.29, 1.82) is 0 Å². The number of amides is 1. The second kappa shape index (κ2) is 5.54. The van der Waals surface area contributed by atoms with E-state index in [4.69, 9.17) is 4.42 Å². The smallest absolute Gasteiger partial charge is 0.292 e. The van der Waals surface area contributed by atoms with E-state index in [0.717, 1.165) is 36.2 Å². The quantitative estimate of drug-likeness (QED) is 0.794. The fraction of sp³-hybridized carbons (Fsp3) is 0.333. The highest BCUT2D eigenvalue weighted by Crippen LogP contribution is 2.40. The van der Waals surface area contributed by atoms with Gasteiger partial charge in [-0.3, -0.25) is 9.78 Å². The minimum Gasteiger partial charge on any atom is -0.435 e. The van der Waals surface area contributed by atoms with Gasteiger partial charge in [0.2, 0.25) is 5.76 Å². The van der Waals surface area contributed by atoms with Gasteiger partial charge in [0, 0.05) is 37.0 Å². The number of hydrogen-bond acceptors (Lipinski definition) is 5. The van der Waals surface area contributed by atoms with Crippen LogP contribution in [0.1, 0.15) is 58.2 Å². The Bertz CT molecular complexity index is 912. The zero-order valence-corrected chi connectivity index (χ0v) is 13.6. The number of imidazole rings is 1. The van der Waals surface area contributed by atoms with Crippen molar-refractivity contribution < 1.29 is 9.21 Å². The van der Waals surface area contributed by atoms with Gasteiger partial charge < -0.3 is 14.3 Å². The number of pyridine rings is 1. The summed E-state index contributed by atoms with van der Waals surface area (Å²) in [5, 5.41) is 0. The lowest BCUT2D eigenvalue weighted by atomic mass is 9.96. The molecule has 1 atom stereocenters. The third kappa shape index (κ3) is 2.43. The van der Waals surface area contributed by atoms with E-state index in [0.29, 0.717) is 24.1 Å². The van der Waals surface area contributed by atoms with Crippen LogP contribution in [0, 0.1) is 0 Å². The zero-order valence-electron chi connectivity index (χ0n) is 13.6. The molecule has 4 heterocycles. The molecule has 1 fully saturated rings. The molecular weight excluding hydrogens is 318 g/mol. The number of oxazole rings is 1. The van der Waals surface area contributed by atoms with Gasteiger partial charge in [-0.25, -0.2) is 9.97 Å². The number of rotatable bonds is 3. The highest BCUT2D eigenvalue weighted by atomic mass is 16.4. The van der Waals surface area contributed by atoms with Gasteiger partial charge in [-0.1, -0.05) is 6.07 Å². The van der Waals surface area contributed by atoms with E-state index in [1.54, 1.807) is 29.8 Å². The maximum Gasteiger partial charge on any atom is 0.292 e. The minimum absolute atomic E-state index is 0.151. The van der Waals surface area contributed by atoms with Crippen LogP contribution in [0.2, 0.25) is 0 Å². The number of H-pyrrole nitrogens is 1. The van der Waals surface area contributed by atoms with Crippen molar-refractivity contribution in [3.8, 4) is 0 Å². The van der Waals surface area contributed by atoms with Gasteiger partial charge in [0.1, 0.15) is 6.04 Å². The SMILES string of the molecule is O=C(c1cnc(C2CC2)o1)N1CCc2[nH]cnc2C1c1cccnc1. The predicted octanol–water partition coefficient (Wildman–Crippen LogP) is 2.46. The van der Waals surface area contributed by atoms with Crippen molar-refractivity contribution in [2.75, 3.05) is 6.54 Å². The first-order chi connectivity index (χ1) is 12.3. The lowest BCUT2D eigenvalue weighted by Crippen LogP contribution is -2.40. The molecule has 126 valence electrons. The summed E-state index contributed by atoms with van der Waals surface area (Å²) in [5.41, 5.74) is 2.87. The van der Waals surface area contributed by atoms with Gasteiger partial charge in [0.05, 0.1) is 18.2 Å². The predicted molar refractivity (Wildman–Crippen MR) is 87.9 cm³/mol. The van der Waals surface area contributed by atoms with E-state index in [1.165, 1.54) is 0 Å². The Labute approximate surface area is 144 Å². The van der Waals surface area contributed by atoms with E-state index < -0.39 is 0 Å². The molecule has 3 aromatic rings. The summed E-state index contributed by atoms with van der Waals surface area (Å²) >= 11 is 0. The minimum atomic E-state index is -0.273. The Morgan fingerprint density at radius 1 is 1.28 bits per heavy atom. The topological polar surface area (TPSA) is 87.9 Å². The van der Waals surface area contributed by atoms with Gasteiger partial charge in [-0.15, -0.1) is 0 Å². The zero-order chi connectivity index (χ0) is 16.8. The molecule has 1 amide bonds. The number of aromatic amines is 1. The molecule has 7 nitrogen and oxygen atoms in total. The summed E-state index contributed by atoms with van der Waals surface area (Å²) in [4.78, 5) is 31.0. The van der Waals surface area contributed by atoms with E-state index in [1.807, 2.05) is 12.1 Å². The molecule has 0 bridgehead atoms. The Kier molecular flexibility index (Phi) is 3.19. The molecule has 1 aliphatic carbocycles. The van der Waals surface area contributed by atoms with Crippen LogP contribution in [0.3, 0.4) is 0 Å². The molecule has 5 rings (SSSR count). The molecule has 1 saturated carbocycles. The first kappa shape index (κ1) is 14.4. The van der Waals surface area contributed by atoms with Crippen molar-refractivity contribution in [2.24, 2.45) is 0 Å². The summed E-state index contributed by atoms with van der Waals surface area (Å²) in [6.07, 6.45) is 9.66. The molecular formula is C18H17N5O2. The lowest BCUT2D eigenvalue weighted by Gasteiger charge is -2.34. The Balaban J connectivity index is 1.53. The van der Waals surface area contributed by atoms with Crippen molar-refractivity contribution in [3.05, 3.63) is 65.7 Å². The third-order valence-electron chi connectivity index (χ3n) is 4.85. The standard InChI is InChI=1S/C18H17N5O2/c24-18(14-9-20-17(25-14)11-3-4-11)23-7-5-13-15(22-10-21-13)16(23)12-2-1-6-19-8-12/h1-2,6,8-11,16H,3-5,7H2,(H,21,22). The second-order valence-corrected chi connectivity index (χ2v) is 6.54. The average Bonchev–Trinajstić information content (AvgIpc) is 3.20. The molecule has 0 spiro atoms. The van der Waals surface area contributed by atoms with Crippen LogP contribution < -0.4 is 0 Å². The molecule has 2 aliphatic rings. The molecule has 7 heteroatoms. The Morgan fingerprint density at radius 3 is 3.00 bits per heavy atom. The third-order valence-corrected chi connectivity index (χ3v) is 4.85. The van der Waals surface area contributed by atoms with Gasteiger partial charge in [0.15, 0.2) is 5.89 Å². The van der Waals surface area contributed by atoms with E-state index in [9.17, 15) is 4.79 Å². The van der Waals surface area contributed by atoms with Crippen LogP contribution >= 0.6 is 0 Å². The van der Waals surface area contributed by atoms with E-state index in [2.05, 4.69) is 19.9 Å². The summed E-state index contributed by atoms with van der Waals surface area (Å²) < 4.78 is 5.73. The second-order valence-electron chi connectivity index (χ2n) is 6.54. The van der Waals surface area contributed by atoms with Crippen molar-refractivity contribution in [2.45, 2.75) is 31.2 Å². The molecule has 25 heavy (non-hydrogen) atoms. The lowest BCUT2D eigenvalue weighted by molar-refractivity contribution is 0.0656. The van der Waals surface area contributed by atoms with E-state index in [-0.39, 0.29) is 11.9 Å². The van der Waals surface area contributed by atoms with Gasteiger partial charge in [-0.2, -0.15) is 0 Å². The van der Waals surface area contributed by atoms with Crippen molar-refractivity contribution >= 4 is 5.91 Å². The van der Waals surface area contributed by atoms with Gasteiger partial charge in [-0.05, 0) is 24.5 Å². The fourth-order valence-electron chi connectivity index (χ4n) is 3.42. The maximum absolute atomic E-state index is 13.1. The molecule has 1 N–H and O–H groups in total. The maximum atomic E-state index is 13.1. The number of aromatic nitrogens is 4. The van der Waals surface area contributed by atoms with Crippen LogP contribution in [0.4, 0.5) is 0 Å². The van der Waals surface area contributed by atoms with Gasteiger partial charge in [0.25, 0.3) is 5.91 Å². The number of fused-ring (bicyclic) bond motifs is 1. The van der Waals surface area contributed by atoms with Crippen LogP contribution in [0.15, 0.2) is 41.5 Å². The van der Waals surface area contributed by atoms with Crippen LogP contribution in [-0.4, -0.2) is 37.3 Å².